The molecule has 0 radical (unpaired) electrons. The van der Waals surface area contributed by atoms with E-state index in [2.05, 4.69) is 15.5 Å². The molecule has 29 heavy (non-hydrogen) atoms. The Morgan fingerprint density at radius 2 is 1.69 bits per heavy atom. The summed E-state index contributed by atoms with van der Waals surface area (Å²) in [6.45, 7) is 1.07. The van der Waals surface area contributed by atoms with Crippen molar-refractivity contribution in [2.45, 2.75) is 6.18 Å². The van der Waals surface area contributed by atoms with Gasteiger partial charge in [0.25, 0.3) is 5.91 Å². The molecule has 154 valence electrons. The minimum Gasteiger partial charge on any atom is -0.482 e. The fourth-order valence-corrected chi connectivity index (χ4v) is 3.49. The van der Waals surface area contributed by atoms with Gasteiger partial charge in [-0.3, -0.25) is 9.69 Å². The Hall–Kier alpha value is -2.94. The van der Waals surface area contributed by atoms with E-state index in [9.17, 15) is 18.0 Å². The lowest BCUT2D eigenvalue weighted by Crippen LogP contribution is -2.49. The van der Waals surface area contributed by atoms with E-state index in [-0.39, 0.29) is 12.5 Å². The van der Waals surface area contributed by atoms with Crippen LogP contribution in [0.2, 0.25) is 0 Å². The first-order valence-corrected chi connectivity index (χ1v) is 9.34. The number of fused-ring (bicyclic) bond motifs is 1. The summed E-state index contributed by atoms with van der Waals surface area (Å²) in [5.41, 5.74) is 3.34. The highest BCUT2D eigenvalue weighted by Gasteiger charge is 2.32. The zero-order valence-electron chi connectivity index (χ0n) is 15.6. The molecule has 0 atom stereocenters. The predicted octanol–water partition coefficient (Wildman–Crippen LogP) is 3.45. The van der Waals surface area contributed by atoms with E-state index in [1.54, 1.807) is 6.07 Å². The molecule has 2 aromatic carbocycles. The summed E-state index contributed by atoms with van der Waals surface area (Å²) in [6, 6.07) is 13.2. The monoisotopic (exact) mass is 406 g/mol. The standard InChI is InChI=1S/C20H21F3N4O2/c21-20(22,23)13-26-7-9-27(10-8-26)16-4-1-14(2-5-16)24-15-3-6-17-18(11-15)29-12-19(28)25-17/h1-6,11,24H,7-10,12-13H2,(H,25,28). The molecule has 2 heterocycles. The summed E-state index contributed by atoms with van der Waals surface area (Å²) in [6.07, 6.45) is -4.15. The lowest BCUT2D eigenvalue weighted by Gasteiger charge is -2.36. The number of halogens is 3. The lowest BCUT2D eigenvalue weighted by atomic mass is 10.2. The number of carbonyl (C=O) groups excluding carboxylic acids is 1. The van der Waals surface area contributed by atoms with Crippen molar-refractivity contribution in [3.63, 3.8) is 0 Å². The third kappa shape index (κ3) is 4.92. The number of anilines is 4. The quantitative estimate of drug-likeness (QED) is 0.815. The van der Waals surface area contributed by atoms with Crippen molar-refractivity contribution in [3.05, 3.63) is 42.5 Å². The van der Waals surface area contributed by atoms with Gasteiger partial charge >= 0.3 is 6.18 Å². The lowest BCUT2D eigenvalue weighted by molar-refractivity contribution is -0.146. The van der Waals surface area contributed by atoms with Crippen molar-refractivity contribution in [1.29, 1.82) is 0 Å². The summed E-state index contributed by atoms with van der Waals surface area (Å²) >= 11 is 0. The van der Waals surface area contributed by atoms with Crippen molar-refractivity contribution in [2.75, 3.05) is 54.9 Å². The average molecular weight is 406 g/mol. The first kappa shape index (κ1) is 19.4. The Morgan fingerprint density at radius 3 is 2.38 bits per heavy atom. The number of carbonyl (C=O) groups is 1. The SMILES string of the molecule is O=C1COc2cc(Nc3ccc(N4CCN(CC(F)(F)F)CC4)cc3)ccc2N1. The number of amides is 1. The van der Waals surface area contributed by atoms with Crippen molar-refractivity contribution in [2.24, 2.45) is 0 Å². The maximum Gasteiger partial charge on any atom is 0.401 e. The molecule has 0 unspecified atom stereocenters. The summed E-state index contributed by atoms with van der Waals surface area (Å²) in [5.74, 6) is 0.441. The third-order valence-electron chi connectivity index (χ3n) is 4.91. The fraction of sp³-hybridized carbons (Fsp3) is 0.350. The molecule has 2 N–H and O–H groups in total. The number of nitrogens with one attached hydrogen (secondary N) is 2. The zero-order chi connectivity index (χ0) is 20.4. The van der Waals surface area contributed by atoms with E-state index in [4.69, 9.17) is 4.74 Å². The first-order valence-electron chi connectivity index (χ1n) is 9.34. The van der Waals surface area contributed by atoms with Gasteiger partial charge < -0.3 is 20.3 Å². The Labute approximate surface area is 166 Å². The van der Waals surface area contributed by atoms with E-state index in [0.29, 0.717) is 37.6 Å². The molecule has 1 saturated heterocycles. The Kier molecular flexibility index (Phi) is 5.23. The number of nitrogens with zero attached hydrogens (tertiary/aromatic N) is 2. The second-order valence-electron chi connectivity index (χ2n) is 7.10. The molecule has 2 aliphatic rings. The van der Waals surface area contributed by atoms with Crippen molar-refractivity contribution in [3.8, 4) is 5.75 Å². The fourth-order valence-electron chi connectivity index (χ4n) is 3.49. The van der Waals surface area contributed by atoms with Crippen LogP contribution in [0, 0.1) is 0 Å². The predicted molar refractivity (Wildman–Crippen MR) is 105 cm³/mol. The van der Waals surface area contributed by atoms with Crippen LogP contribution in [0.1, 0.15) is 0 Å². The Morgan fingerprint density at radius 1 is 1.00 bits per heavy atom. The molecule has 2 aliphatic heterocycles. The van der Waals surface area contributed by atoms with Crippen LogP contribution in [0.15, 0.2) is 42.5 Å². The van der Waals surface area contributed by atoms with Gasteiger partial charge in [-0.05, 0) is 36.4 Å². The van der Waals surface area contributed by atoms with E-state index in [0.717, 1.165) is 17.1 Å². The maximum absolute atomic E-state index is 12.5. The van der Waals surface area contributed by atoms with Gasteiger partial charge in [-0.15, -0.1) is 0 Å². The molecule has 0 bridgehead atoms. The number of alkyl halides is 3. The van der Waals surface area contributed by atoms with E-state index >= 15 is 0 Å². The summed E-state index contributed by atoms with van der Waals surface area (Å²) in [5, 5.41) is 6.03. The summed E-state index contributed by atoms with van der Waals surface area (Å²) in [7, 11) is 0. The van der Waals surface area contributed by atoms with Crippen LogP contribution in [0.4, 0.5) is 35.9 Å². The molecule has 4 rings (SSSR count). The molecule has 0 saturated carbocycles. The number of ether oxygens (including phenoxy) is 1. The van der Waals surface area contributed by atoms with Crippen LogP contribution in [0.25, 0.3) is 0 Å². The molecule has 6 nitrogen and oxygen atoms in total. The Balaban J connectivity index is 1.35. The molecule has 1 amide bonds. The zero-order valence-corrected chi connectivity index (χ0v) is 15.6. The molecule has 1 fully saturated rings. The van der Waals surface area contributed by atoms with Gasteiger partial charge in [0.1, 0.15) is 5.75 Å². The van der Waals surface area contributed by atoms with Gasteiger partial charge in [0.05, 0.1) is 12.2 Å². The van der Waals surface area contributed by atoms with Crippen molar-refractivity contribution >= 4 is 28.7 Å². The highest BCUT2D eigenvalue weighted by molar-refractivity contribution is 5.95. The van der Waals surface area contributed by atoms with Gasteiger partial charge in [-0.25, -0.2) is 0 Å². The minimum atomic E-state index is -4.15. The molecule has 2 aromatic rings. The van der Waals surface area contributed by atoms with E-state index in [1.807, 2.05) is 36.4 Å². The molecule has 0 aliphatic carbocycles. The largest absolute Gasteiger partial charge is 0.482 e. The van der Waals surface area contributed by atoms with Gasteiger partial charge in [-0.2, -0.15) is 13.2 Å². The smallest absolute Gasteiger partial charge is 0.401 e. The molecule has 0 spiro atoms. The van der Waals surface area contributed by atoms with Crippen LogP contribution < -0.4 is 20.3 Å². The first-order chi connectivity index (χ1) is 13.9. The third-order valence-corrected chi connectivity index (χ3v) is 4.91. The van der Waals surface area contributed by atoms with Crippen LogP contribution >= 0.6 is 0 Å². The average Bonchev–Trinajstić information content (AvgIpc) is 2.68. The Bertz CT molecular complexity index is 878. The van der Waals surface area contributed by atoms with Crippen LogP contribution in [-0.4, -0.2) is 56.3 Å². The van der Waals surface area contributed by atoms with Gasteiger partial charge in [0, 0.05) is 49.3 Å². The molecule has 0 aromatic heterocycles. The van der Waals surface area contributed by atoms with Gasteiger partial charge in [0.2, 0.25) is 0 Å². The van der Waals surface area contributed by atoms with Crippen molar-refractivity contribution < 1.29 is 22.7 Å². The number of benzene rings is 2. The second-order valence-corrected chi connectivity index (χ2v) is 7.10. The molecular formula is C20H21F3N4O2. The maximum atomic E-state index is 12.5. The van der Waals surface area contributed by atoms with Crippen LogP contribution in [0.3, 0.4) is 0 Å². The van der Waals surface area contributed by atoms with E-state index in [1.165, 1.54) is 4.90 Å². The van der Waals surface area contributed by atoms with Gasteiger partial charge in [0.15, 0.2) is 6.61 Å². The second kappa shape index (κ2) is 7.82. The highest BCUT2D eigenvalue weighted by atomic mass is 19.4. The van der Waals surface area contributed by atoms with Crippen LogP contribution in [-0.2, 0) is 4.79 Å². The highest BCUT2D eigenvalue weighted by Crippen LogP contribution is 2.32. The number of hydrogen-bond donors (Lipinski definition) is 2. The molecule has 9 heteroatoms. The van der Waals surface area contributed by atoms with Gasteiger partial charge in [-0.1, -0.05) is 0 Å². The summed E-state index contributed by atoms with van der Waals surface area (Å²) in [4.78, 5) is 14.9. The normalized spacial score (nSPS) is 17.3. The minimum absolute atomic E-state index is 0.00137. The van der Waals surface area contributed by atoms with Crippen LogP contribution in [0.5, 0.6) is 5.75 Å². The topological polar surface area (TPSA) is 56.8 Å². The number of piperazine rings is 1. The summed E-state index contributed by atoms with van der Waals surface area (Å²) < 4.78 is 42.9. The number of rotatable bonds is 4. The number of hydrogen-bond acceptors (Lipinski definition) is 5. The van der Waals surface area contributed by atoms with Crippen molar-refractivity contribution in [1.82, 2.24) is 4.90 Å². The molecular weight excluding hydrogens is 385 g/mol. The van der Waals surface area contributed by atoms with E-state index < -0.39 is 12.7 Å².